The first-order valence-corrected chi connectivity index (χ1v) is 10.2. The van der Waals surface area contributed by atoms with Crippen molar-refractivity contribution in [2.24, 2.45) is 4.99 Å². The zero-order chi connectivity index (χ0) is 17.4. The summed E-state index contributed by atoms with van der Waals surface area (Å²) >= 11 is 5.47. The molecule has 1 saturated heterocycles. The normalized spacial score (nSPS) is 25.0. The van der Waals surface area contributed by atoms with Crippen LogP contribution in [0.2, 0.25) is 0 Å². The molecule has 2 aliphatic rings. The number of nitrogens with zero attached hydrogens (tertiary/aromatic N) is 3. The molecular weight excluding hydrogens is 398 g/mol. The quantitative estimate of drug-likeness (QED) is 0.713. The highest BCUT2D eigenvalue weighted by Crippen LogP contribution is 2.49. The summed E-state index contributed by atoms with van der Waals surface area (Å²) in [5.74, 6) is 0.928. The highest BCUT2D eigenvalue weighted by molar-refractivity contribution is 9.10. The predicted octanol–water partition coefficient (Wildman–Crippen LogP) is 4.83. The molecule has 0 N–H and O–H groups in total. The number of aromatic nitrogens is 1. The SMILES string of the molecule is CCOc1ccc(Br)cc1[C@H]1[C@H](c2ccccn2)N=C2S[C@@H](C)CN21. The maximum atomic E-state index is 5.94. The Balaban J connectivity index is 1.81. The third-order valence-corrected chi connectivity index (χ3v) is 6.07. The zero-order valence-corrected chi connectivity index (χ0v) is 16.6. The Morgan fingerprint density at radius 2 is 2.20 bits per heavy atom. The summed E-state index contributed by atoms with van der Waals surface area (Å²) in [5.41, 5.74) is 2.17. The van der Waals surface area contributed by atoms with Crippen molar-refractivity contribution in [1.82, 2.24) is 9.88 Å². The fourth-order valence-electron chi connectivity index (χ4n) is 3.49. The van der Waals surface area contributed by atoms with Crippen LogP contribution in [0, 0.1) is 0 Å². The molecule has 0 amide bonds. The second-order valence-corrected chi connectivity index (χ2v) is 8.57. The number of halogens is 1. The molecule has 25 heavy (non-hydrogen) atoms. The van der Waals surface area contributed by atoms with Gasteiger partial charge in [-0.15, -0.1) is 0 Å². The minimum Gasteiger partial charge on any atom is -0.494 e. The van der Waals surface area contributed by atoms with Gasteiger partial charge >= 0.3 is 0 Å². The Morgan fingerprint density at radius 3 is 2.96 bits per heavy atom. The number of fused-ring (bicyclic) bond motifs is 1. The van der Waals surface area contributed by atoms with E-state index < -0.39 is 0 Å². The van der Waals surface area contributed by atoms with Crippen molar-refractivity contribution in [2.75, 3.05) is 13.2 Å². The number of benzene rings is 1. The van der Waals surface area contributed by atoms with Crippen molar-refractivity contribution in [2.45, 2.75) is 31.2 Å². The van der Waals surface area contributed by atoms with Crippen LogP contribution in [-0.4, -0.2) is 33.5 Å². The molecule has 3 atom stereocenters. The smallest absolute Gasteiger partial charge is 0.160 e. The fraction of sp³-hybridized carbons (Fsp3) is 0.368. The summed E-state index contributed by atoms with van der Waals surface area (Å²) in [6.07, 6.45) is 1.84. The molecule has 0 spiro atoms. The Morgan fingerprint density at radius 1 is 1.32 bits per heavy atom. The highest BCUT2D eigenvalue weighted by atomic mass is 79.9. The van der Waals surface area contributed by atoms with E-state index in [1.54, 1.807) is 0 Å². The van der Waals surface area contributed by atoms with E-state index in [0.717, 1.165) is 27.6 Å². The van der Waals surface area contributed by atoms with Crippen molar-refractivity contribution < 1.29 is 4.74 Å². The van der Waals surface area contributed by atoms with Gasteiger partial charge in [0.2, 0.25) is 0 Å². The second kappa shape index (κ2) is 7.00. The van der Waals surface area contributed by atoms with E-state index in [9.17, 15) is 0 Å². The number of hydrogen-bond acceptors (Lipinski definition) is 5. The number of aliphatic imine (C=N–C) groups is 1. The van der Waals surface area contributed by atoms with Gasteiger partial charge in [0, 0.05) is 28.0 Å². The average molecular weight is 418 g/mol. The molecule has 1 aromatic heterocycles. The molecule has 0 aliphatic carbocycles. The molecule has 3 heterocycles. The van der Waals surface area contributed by atoms with Crippen molar-refractivity contribution in [3.63, 3.8) is 0 Å². The van der Waals surface area contributed by atoms with Crippen molar-refractivity contribution in [1.29, 1.82) is 0 Å². The van der Waals surface area contributed by atoms with Gasteiger partial charge in [0.15, 0.2) is 5.17 Å². The van der Waals surface area contributed by atoms with Crippen LogP contribution in [-0.2, 0) is 0 Å². The highest BCUT2D eigenvalue weighted by Gasteiger charge is 2.44. The van der Waals surface area contributed by atoms with Crippen LogP contribution >= 0.6 is 27.7 Å². The van der Waals surface area contributed by atoms with E-state index in [0.29, 0.717) is 11.9 Å². The van der Waals surface area contributed by atoms with Crippen LogP contribution in [0.1, 0.15) is 37.2 Å². The molecule has 4 rings (SSSR count). The lowest BCUT2D eigenvalue weighted by Crippen LogP contribution is -2.29. The number of thioether (sulfide) groups is 1. The molecule has 1 fully saturated rings. The molecule has 130 valence electrons. The molecule has 4 nitrogen and oxygen atoms in total. The average Bonchev–Trinajstić information content (AvgIpc) is 3.13. The van der Waals surface area contributed by atoms with Crippen molar-refractivity contribution >= 4 is 32.9 Å². The third kappa shape index (κ3) is 3.17. The van der Waals surface area contributed by atoms with Crippen LogP contribution in [0.15, 0.2) is 52.1 Å². The second-order valence-electron chi connectivity index (χ2n) is 6.25. The van der Waals surface area contributed by atoms with E-state index in [4.69, 9.17) is 9.73 Å². The van der Waals surface area contributed by atoms with Gasteiger partial charge in [-0.1, -0.05) is 40.7 Å². The molecule has 0 radical (unpaired) electrons. The molecule has 0 saturated carbocycles. The van der Waals surface area contributed by atoms with Crippen LogP contribution in [0.5, 0.6) is 5.75 Å². The standard InChI is InChI=1S/C19H20BrN3OS/c1-3-24-16-8-7-13(20)10-14(16)18-17(15-6-4-5-9-21-15)22-19-23(18)11-12(2)25-19/h4-10,12,17-18H,3,11H2,1-2H3/t12-,17-,18-/m0/s1. The summed E-state index contributed by atoms with van der Waals surface area (Å²) in [7, 11) is 0. The minimum atomic E-state index is -0.00953. The molecule has 2 aliphatic heterocycles. The van der Waals surface area contributed by atoms with Gasteiger partial charge in [0.1, 0.15) is 11.8 Å². The van der Waals surface area contributed by atoms with E-state index >= 15 is 0 Å². The Hall–Kier alpha value is -1.53. The molecular formula is C19H20BrN3OS. The minimum absolute atomic E-state index is 0.00953. The van der Waals surface area contributed by atoms with E-state index in [1.165, 1.54) is 5.56 Å². The number of amidine groups is 1. The van der Waals surface area contributed by atoms with Gasteiger partial charge < -0.3 is 9.64 Å². The maximum absolute atomic E-state index is 5.94. The van der Waals surface area contributed by atoms with Gasteiger partial charge in [-0.3, -0.25) is 9.98 Å². The van der Waals surface area contributed by atoms with Crippen LogP contribution in [0.3, 0.4) is 0 Å². The van der Waals surface area contributed by atoms with E-state index in [-0.39, 0.29) is 12.1 Å². The summed E-state index contributed by atoms with van der Waals surface area (Å²) in [5, 5.41) is 1.67. The van der Waals surface area contributed by atoms with Gasteiger partial charge in [0.05, 0.1) is 18.3 Å². The van der Waals surface area contributed by atoms with E-state index in [2.05, 4.69) is 44.9 Å². The van der Waals surface area contributed by atoms with Crippen molar-refractivity contribution in [3.8, 4) is 5.75 Å². The predicted molar refractivity (Wildman–Crippen MR) is 106 cm³/mol. The molecule has 0 bridgehead atoms. The number of ether oxygens (including phenoxy) is 1. The first-order valence-electron chi connectivity index (χ1n) is 8.51. The molecule has 2 aromatic rings. The Labute approximate surface area is 160 Å². The van der Waals surface area contributed by atoms with Gasteiger partial charge in [-0.2, -0.15) is 0 Å². The lowest BCUT2D eigenvalue weighted by atomic mass is 9.95. The first-order chi connectivity index (χ1) is 12.2. The van der Waals surface area contributed by atoms with Gasteiger partial charge in [-0.25, -0.2) is 0 Å². The summed E-state index contributed by atoms with van der Waals surface area (Å²) in [6.45, 7) is 5.92. The van der Waals surface area contributed by atoms with E-state index in [1.807, 2.05) is 49.1 Å². The van der Waals surface area contributed by atoms with Crippen LogP contribution in [0.4, 0.5) is 0 Å². The number of hydrogen-bond donors (Lipinski definition) is 0. The largest absolute Gasteiger partial charge is 0.494 e. The first kappa shape index (κ1) is 16.9. The van der Waals surface area contributed by atoms with Crippen molar-refractivity contribution in [3.05, 3.63) is 58.3 Å². The molecule has 1 aromatic carbocycles. The van der Waals surface area contributed by atoms with Gasteiger partial charge in [-0.05, 0) is 37.3 Å². The lowest BCUT2D eigenvalue weighted by Gasteiger charge is -2.29. The fourth-order valence-corrected chi connectivity index (χ4v) is 4.96. The summed E-state index contributed by atoms with van der Waals surface area (Å²) in [4.78, 5) is 12.0. The Bertz CT molecular complexity index is 799. The molecule has 6 heteroatoms. The topological polar surface area (TPSA) is 37.7 Å². The lowest BCUT2D eigenvalue weighted by molar-refractivity contribution is 0.292. The monoisotopic (exact) mass is 417 g/mol. The van der Waals surface area contributed by atoms with Crippen LogP contribution in [0.25, 0.3) is 0 Å². The zero-order valence-electron chi connectivity index (χ0n) is 14.2. The summed E-state index contributed by atoms with van der Waals surface area (Å²) in [6, 6.07) is 12.4. The number of rotatable bonds is 4. The summed E-state index contributed by atoms with van der Waals surface area (Å²) < 4.78 is 6.99. The maximum Gasteiger partial charge on any atom is 0.160 e. The van der Waals surface area contributed by atoms with Crippen LogP contribution < -0.4 is 4.74 Å². The number of pyridine rings is 1. The van der Waals surface area contributed by atoms with Gasteiger partial charge in [0.25, 0.3) is 0 Å². The Kier molecular flexibility index (Phi) is 4.73. The molecule has 0 unspecified atom stereocenters. The third-order valence-electron chi connectivity index (χ3n) is 4.47.